The van der Waals surface area contributed by atoms with Gasteiger partial charge in [0.15, 0.2) is 0 Å². The molecule has 32 heavy (non-hydrogen) atoms. The summed E-state index contributed by atoms with van der Waals surface area (Å²) in [6.07, 6.45) is 0.421. The van der Waals surface area contributed by atoms with Crippen LogP contribution in [0.25, 0.3) is 0 Å². The van der Waals surface area contributed by atoms with Gasteiger partial charge in [-0.1, -0.05) is 26.8 Å². The maximum absolute atomic E-state index is 12.8. The summed E-state index contributed by atoms with van der Waals surface area (Å²) in [5.74, 6) is 0.627. The van der Waals surface area contributed by atoms with Crippen LogP contribution >= 0.6 is 0 Å². The monoisotopic (exact) mass is 449 g/mol. The molecule has 2 rings (SSSR count). The van der Waals surface area contributed by atoms with Gasteiger partial charge in [-0.2, -0.15) is 0 Å². The fourth-order valence-electron chi connectivity index (χ4n) is 3.85. The van der Waals surface area contributed by atoms with Crippen LogP contribution in [0, 0.1) is 5.92 Å². The molecule has 0 saturated heterocycles. The molecule has 1 aliphatic heterocycles. The van der Waals surface area contributed by atoms with E-state index in [9.17, 15) is 14.7 Å². The van der Waals surface area contributed by atoms with E-state index in [0.29, 0.717) is 18.6 Å². The quantitative estimate of drug-likeness (QED) is 0.592. The summed E-state index contributed by atoms with van der Waals surface area (Å²) in [4.78, 5) is 26.8. The van der Waals surface area contributed by atoms with Crippen molar-refractivity contribution in [1.29, 1.82) is 0 Å². The number of alkyl carbamates (subject to hydrolysis) is 1. The van der Waals surface area contributed by atoms with Gasteiger partial charge in [0, 0.05) is 24.3 Å². The third-order valence-corrected chi connectivity index (χ3v) is 5.42. The van der Waals surface area contributed by atoms with E-state index in [-0.39, 0.29) is 48.8 Å². The van der Waals surface area contributed by atoms with Gasteiger partial charge >= 0.3 is 6.09 Å². The number of carbonyl (C=O) groups excluding carboxylic acids is 2. The third kappa shape index (κ3) is 7.02. The molecule has 0 aliphatic carbocycles. The van der Waals surface area contributed by atoms with Crippen molar-refractivity contribution in [1.82, 2.24) is 10.6 Å². The standard InChI is InChI=1S/C24H39N3O5/c1-8-18(14-31-23(30)26-24(4,5)6)32-19-10-9-16-11-17(13-28)25-22(29)21(15(2)3)27(7)20(16)12-19/h9-10,12,15,17-18,21,28H,8,11,13-14H2,1-7H3,(H,25,29)(H,26,30)/t17-,18-,21-/m0/s1. The lowest BCUT2D eigenvalue weighted by Gasteiger charge is -2.37. The van der Waals surface area contributed by atoms with Gasteiger partial charge in [0.2, 0.25) is 5.91 Å². The molecule has 8 nitrogen and oxygen atoms in total. The number of aliphatic hydroxyl groups excluding tert-OH is 1. The van der Waals surface area contributed by atoms with Gasteiger partial charge in [-0.25, -0.2) is 4.79 Å². The van der Waals surface area contributed by atoms with Gasteiger partial charge in [0.05, 0.1) is 12.6 Å². The van der Waals surface area contributed by atoms with E-state index < -0.39 is 6.09 Å². The number of carbonyl (C=O) groups is 2. The van der Waals surface area contributed by atoms with E-state index in [1.165, 1.54) is 0 Å². The van der Waals surface area contributed by atoms with Crippen LogP contribution in [0.2, 0.25) is 0 Å². The zero-order valence-electron chi connectivity index (χ0n) is 20.4. The average Bonchev–Trinajstić information content (AvgIpc) is 2.68. The molecule has 1 aromatic rings. The molecule has 0 aromatic heterocycles. The largest absolute Gasteiger partial charge is 0.487 e. The normalized spacial score (nSPS) is 20.0. The first-order valence-electron chi connectivity index (χ1n) is 11.3. The lowest BCUT2D eigenvalue weighted by Crippen LogP contribution is -2.54. The van der Waals surface area contributed by atoms with Gasteiger partial charge in [-0.3, -0.25) is 4.79 Å². The highest BCUT2D eigenvalue weighted by molar-refractivity contribution is 5.86. The summed E-state index contributed by atoms with van der Waals surface area (Å²) in [6, 6.07) is 5.08. The number of nitrogens with zero attached hydrogens (tertiary/aromatic N) is 1. The van der Waals surface area contributed by atoms with Crippen LogP contribution in [0.3, 0.4) is 0 Å². The molecule has 1 aromatic carbocycles. The highest BCUT2D eigenvalue weighted by atomic mass is 16.6. The Bertz CT molecular complexity index is 790. The SMILES string of the molecule is CC[C@@H](COC(=O)NC(C)(C)C)Oc1ccc2c(c1)N(C)[C@@H](C(C)C)C(=O)N[C@H](CO)C2. The summed E-state index contributed by atoms with van der Waals surface area (Å²) in [6.45, 7) is 11.7. The number of nitrogens with one attached hydrogen (secondary N) is 2. The summed E-state index contributed by atoms with van der Waals surface area (Å²) in [5.41, 5.74) is 1.56. The van der Waals surface area contributed by atoms with Gasteiger partial charge in [0.25, 0.3) is 0 Å². The summed E-state index contributed by atoms with van der Waals surface area (Å²) < 4.78 is 11.5. The maximum atomic E-state index is 12.8. The van der Waals surface area contributed by atoms with Crippen molar-refractivity contribution in [2.24, 2.45) is 5.92 Å². The molecule has 2 amide bonds. The Labute approximate surface area is 191 Å². The number of hydrogen-bond acceptors (Lipinski definition) is 6. The Hall–Kier alpha value is -2.48. The number of ether oxygens (including phenoxy) is 2. The summed E-state index contributed by atoms with van der Waals surface area (Å²) in [5, 5.41) is 15.4. The number of rotatable bonds is 7. The molecule has 180 valence electrons. The minimum absolute atomic E-state index is 0.0768. The van der Waals surface area contributed by atoms with Crippen LogP contribution in [0.15, 0.2) is 18.2 Å². The Kier molecular flexibility index (Phi) is 8.78. The molecule has 0 bridgehead atoms. The molecule has 1 heterocycles. The van der Waals surface area contributed by atoms with Gasteiger partial charge in [0.1, 0.15) is 24.5 Å². The van der Waals surface area contributed by atoms with Crippen molar-refractivity contribution in [3.05, 3.63) is 23.8 Å². The first-order valence-corrected chi connectivity index (χ1v) is 11.3. The predicted molar refractivity (Wildman–Crippen MR) is 125 cm³/mol. The molecule has 0 radical (unpaired) electrons. The number of hydrogen-bond donors (Lipinski definition) is 3. The van der Waals surface area contributed by atoms with Crippen LogP contribution < -0.4 is 20.3 Å². The van der Waals surface area contributed by atoms with Crippen molar-refractivity contribution < 1.29 is 24.2 Å². The van der Waals surface area contributed by atoms with Crippen molar-refractivity contribution in [2.45, 2.75) is 78.1 Å². The predicted octanol–water partition coefficient (Wildman–Crippen LogP) is 2.86. The van der Waals surface area contributed by atoms with Crippen molar-refractivity contribution in [3.8, 4) is 5.75 Å². The fraction of sp³-hybridized carbons (Fsp3) is 0.667. The number of fused-ring (bicyclic) bond motifs is 1. The second-order valence-corrected chi connectivity index (χ2v) is 9.80. The van der Waals surface area contributed by atoms with Crippen LogP contribution in [-0.4, -0.2) is 61.1 Å². The van der Waals surface area contributed by atoms with Crippen molar-refractivity contribution in [3.63, 3.8) is 0 Å². The zero-order valence-corrected chi connectivity index (χ0v) is 20.4. The third-order valence-electron chi connectivity index (χ3n) is 5.42. The summed E-state index contributed by atoms with van der Waals surface area (Å²) in [7, 11) is 1.91. The van der Waals surface area contributed by atoms with Crippen molar-refractivity contribution in [2.75, 3.05) is 25.2 Å². The number of anilines is 1. The topological polar surface area (TPSA) is 100 Å². The molecule has 0 unspecified atom stereocenters. The van der Waals surface area contributed by atoms with E-state index in [4.69, 9.17) is 9.47 Å². The minimum atomic E-state index is -0.474. The molecule has 0 saturated carbocycles. The van der Waals surface area contributed by atoms with E-state index in [0.717, 1.165) is 11.3 Å². The van der Waals surface area contributed by atoms with Gasteiger partial charge in [-0.15, -0.1) is 0 Å². The average molecular weight is 450 g/mol. The van der Waals surface area contributed by atoms with Crippen LogP contribution in [-0.2, 0) is 16.0 Å². The number of aliphatic hydroxyl groups is 1. The van der Waals surface area contributed by atoms with Crippen molar-refractivity contribution >= 4 is 17.7 Å². The Morgan fingerprint density at radius 3 is 2.59 bits per heavy atom. The Morgan fingerprint density at radius 1 is 1.34 bits per heavy atom. The maximum Gasteiger partial charge on any atom is 0.407 e. The lowest BCUT2D eigenvalue weighted by atomic mass is 9.95. The highest BCUT2D eigenvalue weighted by Gasteiger charge is 2.32. The molecular weight excluding hydrogens is 410 g/mol. The first-order chi connectivity index (χ1) is 14.9. The molecular formula is C24H39N3O5. The molecule has 8 heteroatoms. The first kappa shape index (κ1) is 25.8. The molecule has 0 fully saturated rings. The molecule has 3 N–H and O–H groups in total. The Balaban J connectivity index is 2.21. The van der Waals surface area contributed by atoms with Gasteiger partial charge in [-0.05, 0) is 51.2 Å². The molecule has 1 aliphatic rings. The second-order valence-electron chi connectivity index (χ2n) is 9.80. The minimum Gasteiger partial charge on any atom is -0.487 e. The zero-order chi connectivity index (χ0) is 24.1. The molecule has 0 spiro atoms. The van der Waals surface area contributed by atoms with E-state index in [1.807, 2.05) is 71.7 Å². The summed E-state index contributed by atoms with van der Waals surface area (Å²) >= 11 is 0. The number of amides is 2. The van der Waals surface area contributed by atoms with E-state index >= 15 is 0 Å². The van der Waals surface area contributed by atoms with Crippen LogP contribution in [0.1, 0.15) is 53.5 Å². The smallest absolute Gasteiger partial charge is 0.407 e. The highest BCUT2D eigenvalue weighted by Crippen LogP contribution is 2.31. The lowest BCUT2D eigenvalue weighted by molar-refractivity contribution is -0.124. The number of benzene rings is 1. The van der Waals surface area contributed by atoms with E-state index in [2.05, 4.69) is 10.6 Å². The van der Waals surface area contributed by atoms with Gasteiger partial charge < -0.3 is 30.1 Å². The van der Waals surface area contributed by atoms with Crippen LogP contribution in [0.4, 0.5) is 10.5 Å². The van der Waals surface area contributed by atoms with E-state index in [1.54, 1.807) is 0 Å². The second kappa shape index (κ2) is 10.9. The molecule has 3 atom stereocenters. The fourth-order valence-corrected chi connectivity index (χ4v) is 3.85. The Morgan fingerprint density at radius 2 is 2.03 bits per heavy atom. The van der Waals surface area contributed by atoms with Crippen LogP contribution in [0.5, 0.6) is 5.75 Å². The number of likely N-dealkylation sites (N-methyl/N-ethyl adjacent to an activating group) is 1.